The molecule has 0 aliphatic carbocycles. The molecule has 0 saturated carbocycles. The lowest BCUT2D eigenvalue weighted by Gasteiger charge is -2.26. The third kappa shape index (κ3) is 4.72. The van der Waals surface area contributed by atoms with E-state index in [-0.39, 0.29) is 42.6 Å². The highest BCUT2D eigenvalue weighted by Crippen LogP contribution is 2.34. The van der Waals surface area contributed by atoms with Crippen LogP contribution in [0.4, 0.5) is 5.69 Å². The van der Waals surface area contributed by atoms with Crippen molar-refractivity contribution in [3.05, 3.63) is 36.4 Å². The van der Waals surface area contributed by atoms with E-state index in [0.29, 0.717) is 10.8 Å². The smallest absolute Gasteiger partial charge is 0.339 e. The first kappa shape index (κ1) is 24.5. The molecule has 2 aromatic rings. The van der Waals surface area contributed by atoms with E-state index in [4.69, 9.17) is 17.2 Å². The third-order valence-electron chi connectivity index (χ3n) is 4.47. The van der Waals surface area contributed by atoms with Crippen LogP contribution in [0.1, 0.15) is 12.8 Å². The molecule has 0 bridgehead atoms. The standard InChI is InChI=1S/C18H25N5O4S.ClH/c1-23(2)14-8-3-7-13-12(14)6-4-9-15(13)28(26,27)18(21,16(24)25)10-5-11-22-17(19)20;/h3-4,6-9H,5,10-11,21H2,1-2H3,(H,24,25)(H4,19,20,22);1H/t18-;/m1./s1. The van der Waals surface area contributed by atoms with E-state index in [1.165, 1.54) is 6.07 Å². The average molecular weight is 444 g/mol. The number of nitrogens with two attached hydrogens (primary N) is 3. The summed E-state index contributed by atoms with van der Waals surface area (Å²) in [4.78, 5) is 14.8. The fraction of sp³-hybridized carbons (Fsp3) is 0.333. The van der Waals surface area contributed by atoms with Crippen molar-refractivity contribution in [1.82, 2.24) is 0 Å². The maximum Gasteiger partial charge on any atom is 0.339 e. The van der Waals surface area contributed by atoms with E-state index in [1.54, 1.807) is 24.3 Å². The van der Waals surface area contributed by atoms with E-state index in [9.17, 15) is 18.3 Å². The van der Waals surface area contributed by atoms with E-state index in [1.807, 2.05) is 25.1 Å². The van der Waals surface area contributed by atoms with E-state index >= 15 is 0 Å². The van der Waals surface area contributed by atoms with E-state index in [2.05, 4.69) is 4.99 Å². The highest BCUT2D eigenvalue weighted by molar-refractivity contribution is 7.93. The zero-order valence-corrected chi connectivity index (χ0v) is 17.8. The molecule has 0 saturated heterocycles. The molecule has 2 rings (SSSR count). The normalized spacial score (nSPS) is 13.2. The van der Waals surface area contributed by atoms with Crippen LogP contribution in [0.3, 0.4) is 0 Å². The Balaban J connectivity index is 0.00000420. The summed E-state index contributed by atoms with van der Waals surface area (Å²) >= 11 is 0. The summed E-state index contributed by atoms with van der Waals surface area (Å²) in [5, 5.41) is 10.7. The van der Waals surface area contributed by atoms with Gasteiger partial charge >= 0.3 is 5.97 Å². The molecule has 0 unspecified atom stereocenters. The van der Waals surface area contributed by atoms with Crippen LogP contribution in [0.25, 0.3) is 10.8 Å². The van der Waals surface area contributed by atoms with Gasteiger partial charge in [-0.05, 0) is 25.0 Å². The molecule has 9 nitrogen and oxygen atoms in total. The molecule has 1 atom stereocenters. The predicted molar refractivity (Wildman–Crippen MR) is 117 cm³/mol. The number of carboxylic acid groups (broad SMARTS) is 1. The Bertz CT molecular complexity index is 1020. The second-order valence-electron chi connectivity index (χ2n) is 6.63. The van der Waals surface area contributed by atoms with Gasteiger partial charge in [0.1, 0.15) is 0 Å². The van der Waals surface area contributed by atoms with Gasteiger partial charge in [-0.3, -0.25) is 4.99 Å². The minimum Gasteiger partial charge on any atom is -0.479 e. The summed E-state index contributed by atoms with van der Waals surface area (Å²) in [6, 6.07) is 9.93. The van der Waals surface area contributed by atoms with Gasteiger partial charge in [-0.15, -0.1) is 12.4 Å². The molecule has 29 heavy (non-hydrogen) atoms. The highest BCUT2D eigenvalue weighted by Gasteiger charge is 2.48. The lowest BCUT2D eigenvalue weighted by Crippen LogP contribution is -2.54. The number of anilines is 1. The van der Waals surface area contributed by atoms with Crippen LogP contribution in [0.5, 0.6) is 0 Å². The number of carboxylic acids is 1. The molecule has 0 heterocycles. The first-order chi connectivity index (χ1) is 13.0. The second kappa shape index (κ2) is 9.29. The topological polar surface area (TPSA) is 165 Å². The molecule has 0 aliphatic heterocycles. The Morgan fingerprint density at radius 2 is 1.72 bits per heavy atom. The van der Waals surface area contributed by atoms with Gasteiger partial charge in [0.25, 0.3) is 0 Å². The summed E-state index contributed by atoms with van der Waals surface area (Å²) in [5.74, 6) is -1.79. The van der Waals surface area contributed by atoms with Crippen molar-refractivity contribution >= 4 is 50.6 Å². The van der Waals surface area contributed by atoms with Crippen LogP contribution in [0, 0.1) is 0 Å². The molecule has 0 aromatic heterocycles. The summed E-state index contributed by atoms with van der Waals surface area (Å²) in [7, 11) is -0.746. The molecule has 160 valence electrons. The molecule has 0 radical (unpaired) electrons. The predicted octanol–water partition coefficient (Wildman–Crippen LogP) is 0.895. The average Bonchev–Trinajstić information content (AvgIpc) is 2.63. The molecule has 11 heteroatoms. The summed E-state index contributed by atoms with van der Waals surface area (Å²) in [5.41, 5.74) is 17.2. The van der Waals surface area contributed by atoms with Gasteiger partial charge in [-0.1, -0.05) is 24.3 Å². The number of hydrogen-bond donors (Lipinski definition) is 4. The Morgan fingerprint density at radius 1 is 1.14 bits per heavy atom. The number of halogens is 1. The number of guanidine groups is 1. The zero-order valence-electron chi connectivity index (χ0n) is 16.2. The van der Waals surface area contributed by atoms with Gasteiger partial charge in [-0.25, -0.2) is 13.2 Å². The molecule has 0 fully saturated rings. The molecular weight excluding hydrogens is 418 g/mol. The lowest BCUT2D eigenvalue weighted by molar-refractivity contribution is -0.140. The Morgan fingerprint density at radius 3 is 2.28 bits per heavy atom. The number of aliphatic imine (C=N–C) groups is 1. The summed E-state index contributed by atoms with van der Waals surface area (Å²) in [6.07, 6.45) is -0.251. The monoisotopic (exact) mass is 443 g/mol. The first-order valence-electron chi connectivity index (χ1n) is 8.53. The number of benzene rings is 2. The van der Waals surface area contributed by atoms with Gasteiger partial charge in [0.05, 0.1) is 4.90 Å². The van der Waals surface area contributed by atoms with E-state index in [0.717, 1.165) is 5.69 Å². The number of sulfone groups is 1. The van der Waals surface area contributed by atoms with Gasteiger partial charge in [0.2, 0.25) is 14.7 Å². The number of rotatable bonds is 8. The van der Waals surface area contributed by atoms with Gasteiger partial charge in [0.15, 0.2) is 5.96 Å². The number of carbonyl (C=O) groups is 1. The maximum atomic E-state index is 13.3. The van der Waals surface area contributed by atoms with Crippen molar-refractivity contribution < 1.29 is 18.3 Å². The fourth-order valence-electron chi connectivity index (χ4n) is 2.99. The minimum atomic E-state index is -4.42. The SMILES string of the molecule is CN(C)c1cccc2c(S(=O)(=O)[C@](N)(CCCN=C(N)N)C(=O)O)cccc12.Cl. The molecule has 0 amide bonds. The summed E-state index contributed by atoms with van der Waals surface area (Å²) < 4.78 is 26.6. The van der Waals surface area contributed by atoms with Crippen molar-refractivity contribution in [3.63, 3.8) is 0 Å². The van der Waals surface area contributed by atoms with Crippen molar-refractivity contribution in [3.8, 4) is 0 Å². The molecule has 0 aliphatic rings. The number of nitrogens with zero attached hydrogens (tertiary/aromatic N) is 2. The Hall–Kier alpha value is -2.56. The van der Waals surface area contributed by atoms with Gasteiger partial charge in [-0.2, -0.15) is 0 Å². The Labute approximate surface area is 175 Å². The highest BCUT2D eigenvalue weighted by atomic mass is 35.5. The number of fused-ring (bicyclic) bond motifs is 1. The summed E-state index contributed by atoms with van der Waals surface area (Å²) in [6.45, 7) is 0.0738. The first-order valence-corrected chi connectivity index (χ1v) is 10.0. The van der Waals surface area contributed by atoms with Crippen LogP contribution in [0.15, 0.2) is 46.3 Å². The van der Waals surface area contributed by atoms with Crippen LogP contribution in [-0.2, 0) is 14.6 Å². The Kier molecular flexibility index (Phi) is 7.84. The van der Waals surface area contributed by atoms with Crippen LogP contribution in [-0.4, -0.2) is 51.0 Å². The molecular formula is C18H26ClN5O4S. The number of hydrogen-bond acceptors (Lipinski definition) is 6. The van der Waals surface area contributed by atoms with Gasteiger partial charge in [0, 0.05) is 37.1 Å². The maximum absolute atomic E-state index is 13.3. The molecule has 7 N–H and O–H groups in total. The second-order valence-corrected chi connectivity index (χ2v) is 8.81. The zero-order chi connectivity index (χ0) is 21.1. The van der Waals surface area contributed by atoms with Crippen LogP contribution in [0.2, 0.25) is 0 Å². The van der Waals surface area contributed by atoms with Crippen LogP contribution < -0.4 is 22.1 Å². The lowest BCUT2D eigenvalue weighted by atomic mass is 10.1. The molecule has 2 aromatic carbocycles. The third-order valence-corrected chi connectivity index (χ3v) is 6.75. The quantitative estimate of drug-likeness (QED) is 0.265. The van der Waals surface area contributed by atoms with Crippen molar-refractivity contribution in [2.24, 2.45) is 22.2 Å². The van der Waals surface area contributed by atoms with Crippen molar-refractivity contribution in [1.29, 1.82) is 0 Å². The number of aliphatic carboxylic acids is 1. The molecule has 0 spiro atoms. The van der Waals surface area contributed by atoms with Crippen LogP contribution >= 0.6 is 12.4 Å². The fourth-order valence-corrected chi connectivity index (χ4v) is 4.75. The van der Waals surface area contributed by atoms with E-state index < -0.39 is 20.7 Å². The van der Waals surface area contributed by atoms with Crippen molar-refractivity contribution in [2.45, 2.75) is 22.6 Å². The van der Waals surface area contributed by atoms with Crippen molar-refractivity contribution in [2.75, 3.05) is 25.5 Å². The van der Waals surface area contributed by atoms with Gasteiger partial charge < -0.3 is 27.2 Å². The largest absolute Gasteiger partial charge is 0.479 e. The minimum absolute atomic E-state index is 0.